The molecule has 7 aliphatic carbocycles. The first-order valence-corrected chi connectivity index (χ1v) is 17.4. The number of aromatic nitrogens is 3. The first kappa shape index (κ1) is 35.3. The quantitative estimate of drug-likeness (QED) is 0.199. The monoisotopic (exact) mass is 771 g/mol. The fraction of sp³-hybridized carbons (Fsp3) is 0.529. The summed E-state index contributed by atoms with van der Waals surface area (Å²) >= 11 is 11.7. The van der Waals surface area contributed by atoms with Crippen molar-refractivity contribution < 1.29 is 50.9 Å². The molecule has 3 N–H and O–H groups in total. The van der Waals surface area contributed by atoms with Crippen molar-refractivity contribution in [1.29, 1.82) is 0 Å². The first-order chi connectivity index (χ1) is 24.5. The molecule has 10 rings (SSSR count). The molecule has 2 aromatic carbocycles. The van der Waals surface area contributed by atoms with Crippen molar-refractivity contribution in [2.45, 2.75) is 98.6 Å². The molecule has 11 nitrogen and oxygen atoms in total. The van der Waals surface area contributed by atoms with E-state index in [2.05, 4.69) is 25.6 Å². The number of hydrogen-bond acceptors (Lipinski definition) is 8. The van der Waals surface area contributed by atoms with Gasteiger partial charge in [-0.05, 0) is 75.6 Å². The molecule has 18 heteroatoms. The molecule has 2 unspecified atom stereocenters. The van der Waals surface area contributed by atoms with Crippen LogP contribution in [0.15, 0.2) is 42.6 Å². The highest BCUT2D eigenvalue weighted by Gasteiger charge is 2.71. The third-order valence-corrected chi connectivity index (χ3v) is 11.7. The first-order valence-electron chi connectivity index (χ1n) is 16.7. The topological polar surface area (TPSA) is 137 Å². The number of amides is 2. The Balaban J connectivity index is 0.999. The molecule has 278 valence electrons. The molecule has 2 amide bonds. The number of benzene rings is 2. The molecule has 3 aromatic rings. The van der Waals surface area contributed by atoms with Gasteiger partial charge in [0.2, 0.25) is 12.2 Å². The Bertz CT molecular complexity index is 1900. The van der Waals surface area contributed by atoms with E-state index in [1.54, 1.807) is 6.20 Å². The van der Waals surface area contributed by atoms with Gasteiger partial charge in [0.25, 0.3) is 11.8 Å². The van der Waals surface area contributed by atoms with Crippen LogP contribution >= 0.6 is 23.2 Å². The van der Waals surface area contributed by atoms with Crippen LogP contribution in [0.25, 0.3) is 0 Å². The van der Waals surface area contributed by atoms with E-state index in [9.17, 15) is 36.6 Å². The average molecular weight is 773 g/mol. The second-order valence-electron chi connectivity index (χ2n) is 15.1. The standard InChI is InChI=1S/C34H32Cl2F5N5O6/c35-21-3-1-18(7-23(21)37)50-26(28(48)43-32-10-30(11-32,12-32)16-47)27(51-19-2-4-22(36)24(38)8-19)29(49)44-33-13-31(14-33,15-33)25-9-42-46(45-25)17-5-20(6-17)52-34(39,40)41/h1-4,7-9,17,20,26-27,47H,5-6,10-16H2,(H,43,48)(H,44,49). The lowest BCUT2D eigenvalue weighted by Gasteiger charge is -2.70. The van der Waals surface area contributed by atoms with Crippen molar-refractivity contribution in [3.8, 4) is 11.5 Å². The van der Waals surface area contributed by atoms with Crippen molar-refractivity contribution in [2.24, 2.45) is 5.41 Å². The Morgan fingerprint density at radius 2 is 1.38 bits per heavy atom. The molecule has 7 saturated carbocycles. The van der Waals surface area contributed by atoms with E-state index in [1.807, 2.05) is 0 Å². The van der Waals surface area contributed by atoms with E-state index in [1.165, 1.54) is 29.1 Å². The van der Waals surface area contributed by atoms with Crippen LogP contribution in [-0.4, -0.2) is 74.3 Å². The molecule has 0 radical (unpaired) electrons. The molecular formula is C34H32Cl2F5N5O6. The Labute approximate surface area is 303 Å². The molecule has 1 heterocycles. The number of nitrogens with one attached hydrogen (secondary N) is 2. The lowest BCUT2D eigenvalue weighted by Crippen LogP contribution is -2.79. The summed E-state index contributed by atoms with van der Waals surface area (Å²) in [5.74, 6) is -3.39. The zero-order valence-electron chi connectivity index (χ0n) is 27.2. The minimum absolute atomic E-state index is 0.0251. The maximum atomic E-state index is 14.5. The average Bonchev–Trinajstić information content (AvgIpc) is 3.46. The van der Waals surface area contributed by atoms with E-state index in [0.29, 0.717) is 44.2 Å². The third kappa shape index (κ3) is 6.24. The Morgan fingerprint density at radius 3 is 1.85 bits per heavy atom. The number of ether oxygens (including phenoxy) is 3. The second kappa shape index (κ2) is 12.1. The lowest BCUT2D eigenvalue weighted by molar-refractivity contribution is -0.353. The number of hydrogen-bond donors (Lipinski definition) is 3. The number of carbonyl (C=O) groups is 2. The van der Waals surface area contributed by atoms with Crippen LogP contribution in [0.1, 0.15) is 63.1 Å². The van der Waals surface area contributed by atoms with Crippen LogP contribution < -0.4 is 20.1 Å². The highest BCUT2D eigenvalue weighted by molar-refractivity contribution is 6.31. The summed E-state index contributed by atoms with van der Waals surface area (Å²) in [6.07, 6.45) is -4.26. The molecule has 7 aliphatic rings. The van der Waals surface area contributed by atoms with E-state index < -0.39 is 64.6 Å². The van der Waals surface area contributed by atoms with Crippen molar-refractivity contribution in [3.05, 3.63) is 70.0 Å². The zero-order chi connectivity index (χ0) is 36.8. The summed E-state index contributed by atoms with van der Waals surface area (Å²) in [4.78, 5) is 29.6. The summed E-state index contributed by atoms with van der Waals surface area (Å²) in [5.41, 5.74) is -1.33. The van der Waals surface area contributed by atoms with Crippen molar-refractivity contribution in [3.63, 3.8) is 0 Å². The van der Waals surface area contributed by atoms with Gasteiger partial charge in [0.05, 0.1) is 34.1 Å². The molecule has 52 heavy (non-hydrogen) atoms. The van der Waals surface area contributed by atoms with Crippen LogP contribution in [0, 0.1) is 17.0 Å². The summed E-state index contributed by atoms with van der Waals surface area (Å²) < 4.78 is 82.7. The molecule has 0 spiro atoms. The van der Waals surface area contributed by atoms with Crippen LogP contribution in [0.2, 0.25) is 10.0 Å². The molecule has 1 aromatic heterocycles. The molecular weight excluding hydrogens is 740 g/mol. The van der Waals surface area contributed by atoms with Crippen LogP contribution in [0.5, 0.6) is 11.5 Å². The van der Waals surface area contributed by atoms with E-state index in [-0.39, 0.29) is 52.4 Å². The maximum absolute atomic E-state index is 14.5. The third-order valence-electron chi connectivity index (χ3n) is 11.1. The normalized spacial score (nSPS) is 32.1. The van der Waals surface area contributed by atoms with E-state index in [4.69, 9.17) is 32.7 Å². The number of rotatable bonds is 13. The lowest BCUT2D eigenvalue weighted by atomic mass is 9.38. The van der Waals surface area contributed by atoms with Gasteiger partial charge in [-0.1, -0.05) is 23.2 Å². The molecule has 7 fully saturated rings. The molecule has 0 saturated heterocycles. The SMILES string of the molecule is O=C(NC12CC(CO)(C1)C2)C(Oc1ccc(Cl)c(F)c1)C(Oc1ccc(Cl)c(F)c1)C(=O)NC12CC(c3cnn(C4CC(OC(F)(F)F)C4)n3)(C1)C2. The van der Waals surface area contributed by atoms with Crippen molar-refractivity contribution >= 4 is 35.0 Å². The van der Waals surface area contributed by atoms with Gasteiger partial charge in [0.1, 0.15) is 23.1 Å². The Morgan fingerprint density at radius 1 is 0.885 bits per heavy atom. The van der Waals surface area contributed by atoms with Crippen LogP contribution in [0.3, 0.4) is 0 Å². The fourth-order valence-corrected chi connectivity index (χ4v) is 9.00. The molecule has 2 atom stereocenters. The Hall–Kier alpha value is -3.73. The van der Waals surface area contributed by atoms with Gasteiger partial charge in [-0.25, -0.2) is 8.78 Å². The van der Waals surface area contributed by atoms with E-state index in [0.717, 1.165) is 12.1 Å². The fourth-order valence-electron chi connectivity index (χ4n) is 8.76. The summed E-state index contributed by atoms with van der Waals surface area (Å²) in [5, 5.41) is 24.1. The van der Waals surface area contributed by atoms with Crippen LogP contribution in [0.4, 0.5) is 22.0 Å². The summed E-state index contributed by atoms with van der Waals surface area (Å²) in [6.45, 7) is -0.0251. The van der Waals surface area contributed by atoms with Gasteiger partial charge in [0, 0.05) is 40.6 Å². The minimum atomic E-state index is -4.71. The van der Waals surface area contributed by atoms with Gasteiger partial charge in [-0.2, -0.15) is 15.0 Å². The zero-order valence-corrected chi connectivity index (χ0v) is 28.7. The predicted molar refractivity (Wildman–Crippen MR) is 172 cm³/mol. The predicted octanol–water partition coefficient (Wildman–Crippen LogP) is 5.32. The maximum Gasteiger partial charge on any atom is 0.522 e. The van der Waals surface area contributed by atoms with Crippen LogP contribution in [-0.2, 0) is 19.7 Å². The number of aliphatic hydroxyl groups excluding tert-OH is 1. The smallest absolute Gasteiger partial charge is 0.476 e. The van der Waals surface area contributed by atoms with Gasteiger partial charge in [-0.15, -0.1) is 13.2 Å². The largest absolute Gasteiger partial charge is 0.522 e. The second-order valence-corrected chi connectivity index (χ2v) is 15.9. The van der Waals surface area contributed by atoms with Gasteiger partial charge in [-0.3, -0.25) is 14.3 Å². The van der Waals surface area contributed by atoms with Gasteiger partial charge < -0.3 is 25.2 Å². The van der Waals surface area contributed by atoms with Crippen molar-refractivity contribution in [2.75, 3.05) is 6.61 Å². The Kier molecular flexibility index (Phi) is 8.25. The number of nitrogens with zero attached hydrogens (tertiary/aromatic N) is 3. The van der Waals surface area contributed by atoms with Gasteiger partial charge >= 0.3 is 6.36 Å². The molecule has 4 bridgehead atoms. The van der Waals surface area contributed by atoms with E-state index >= 15 is 0 Å². The summed E-state index contributed by atoms with van der Waals surface area (Å²) in [6, 6.07) is 6.72. The number of aliphatic hydroxyl groups is 1. The van der Waals surface area contributed by atoms with Crippen molar-refractivity contribution in [1.82, 2.24) is 25.6 Å². The minimum Gasteiger partial charge on any atom is -0.476 e. The highest BCUT2D eigenvalue weighted by Crippen LogP contribution is 2.68. The highest BCUT2D eigenvalue weighted by atomic mass is 35.5. The number of carbonyl (C=O) groups excluding carboxylic acids is 2. The number of alkyl halides is 3. The molecule has 0 aliphatic heterocycles. The number of halogens is 7. The summed E-state index contributed by atoms with van der Waals surface area (Å²) in [7, 11) is 0. The van der Waals surface area contributed by atoms with Gasteiger partial charge in [0.15, 0.2) is 0 Å².